The fourth-order valence-corrected chi connectivity index (χ4v) is 1.79. The Balaban J connectivity index is 2.27. The zero-order chi connectivity index (χ0) is 13.2. The van der Waals surface area contributed by atoms with Crippen molar-refractivity contribution >= 4 is 0 Å². The molecule has 0 bridgehead atoms. The van der Waals surface area contributed by atoms with Gasteiger partial charge in [-0.1, -0.05) is 25.8 Å². The van der Waals surface area contributed by atoms with Crippen LogP contribution in [0, 0.1) is 0 Å². The van der Waals surface area contributed by atoms with Crippen molar-refractivity contribution in [1.29, 1.82) is 0 Å². The summed E-state index contributed by atoms with van der Waals surface area (Å²) in [7, 11) is 0. The van der Waals surface area contributed by atoms with Crippen LogP contribution < -0.4 is 0 Å². The van der Waals surface area contributed by atoms with E-state index in [1.807, 2.05) is 12.1 Å². The van der Waals surface area contributed by atoms with Gasteiger partial charge >= 0.3 is 0 Å². The molecule has 1 rings (SSSR count). The van der Waals surface area contributed by atoms with Crippen LogP contribution in [0.1, 0.15) is 37.7 Å². The van der Waals surface area contributed by atoms with Crippen LogP contribution in [0.3, 0.4) is 0 Å². The first kappa shape index (κ1) is 15.0. The highest BCUT2D eigenvalue weighted by molar-refractivity contribution is 5.08. The van der Waals surface area contributed by atoms with Crippen LogP contribution in [0.25, 0.3) is 0 Å². The first-order valence-corrected chi connectivity index (χ1v) is 6.70. The van der Waals surface area contributed by atoms with Crippen LogP contribution in [0.2, 0.25) is 0 Å². The lowest BCUT2D eigenvalue weighted by Crippen LogP contribution is -2.17. The number of ether oxygens (including phenoxy) is 1. The Morgan fingerprint density at radius 2 is 2.17 bits per heavy atom. The summed E-state index contributed by atoms with van der Waals surface area (Å²) < 4.78 is 10.9. The van der Waals surface area contributed by atoms with Gasteiger partial charge < -0.3 is 14.3 Å². The topological polar surface area (TPSA) is 42.6 Å². The Morgan fingerprint density at radius 3 is 2.89 bits per heavy atom. The second-order valence-electron chi connectivity index (χ2n) is 4.51. The van der Waals surface area contributed by atoms with Gasteiger partial charge in [-0.05, 0) is 18.6 Å². The molecular weight excluding hydrogens is 228 g/mol. The number of aliphatic hydroxyl groups is 1. The van der Waals surface area contributed by atoms with Crippen molar-refractivity contribution in [2.45, 2.75) is 45.1 Å². The Hall–Kier alpha value is -1.06. The van der Waals surface area contributed by atoms with Crippen molar-refractivity contribution in [3.8, 4) is 0 Å². The number of unbranched alkanes of at least 4 members (excludes halogenated alkanes) is 2. The van der Waals surface area contributed by atoms with Crippen LogP contribution in [-0.4, -0.2) is 24.4 Å². The van der Waals surface area contributed by atoms with Crippen LogP contribution in [0.4, 0.5) is 0 Å². The van der Waals surface area contributed by atoms with Gasteiger partial charge in [-0.15, -0.1) is 6.58 Å². The van der Waals surface area contributed by atoms with Crippen LogP contribution >= 0.6 is 0 Å². The molecule has 1 aromatic rings. The summed E-state index contributed by atoms with van der Waals surface area (Å²) in [6.45, 7) is 6.53. The fourth-order valence-electron chi connectivity index (χ4n) is 1.79. The smallest absolute Gasteiger partial charge is 0.106 e. The van der Waals surface area contributed by atoms with Crippen molar-refractivity contribution < 1.29 is 14.3 Å². The third-order valence-corrected chi connectivity index (χ3v) is 2.73. The van der Waals surface area contributed by atoms with Crippen molar-refractivity contribution in [1.82, 2.24) is 0 Å². The van der Waals surface area contributed by atoms with Gasteiger partial charge in [-0.25, -0.2) is 0 Å². The third kappa shape index (κ3) is 6.03. The predicted octanol–water partition coefficient (Wildman–Crippen LogP) is 3.12. The van der Waals surface area contributed by atoms with Gasteiger partial charge in [0.25, 0.3) is 0 Å². The summed E-state index contributed by atoms with van der Waals surface area (Å²) in [5.41, 5.74) is 0. The summed E-state index contributed by atoms with van der Waals surface area (Å²) in [5.74, 6) is 1.84. The van der Waals surface area contributed by atoms with Crippen molar-refractivity contribution in [2.24, 2.45) is 0 Å². The van der Waals surface area contributed by atoms with Crippen molar-refractivity contribution in [2.75, 3.05) is 13.2 Å². The monoisotopic (exact) mass is 252 g/mol. The molecule has 18 heavy (non-hydrogen) atoms. The molecule has 1 atom stereocenters. The quantitative estimate of drug-likeness (QED) is 0.514. The molecule has 0 aromatic carbocycles. The molecule has 1 N–H and O–H groups in total. The van der Waals surface area contributed by atoms with Gasteiger partial charge in [-0.2, -0.15) is 0 Å². The third-order valence-electron chi connectivity index (χ3n) is 2.73. The molecule has 0 aliphatic rings. The molecule has 0 radical (unpaired) electrons. The summed E-state index contributed by atoms with van der Waals surface area (Å²) in [5, 5.41) is 9.73. The van der Waals surface area contributed by atoms with E-state index in [9.17, 15) is 5.11 Å². The molecule has 3 nitrogen and oxygen atoms in total. The maximum Gasteiger partial charge on any atom is 0.106 e. The van der Waals surface area contributed by atoms with E-state index in [2.05, 4.69) is 13.5 Å². The van der Waals surface area contributed by atoms with Crippen molar-refractivity contribution in [3.63, 3.8) is 0 Å². The molecule has 102 valence electrons. The molecular formula is C15H24O3. The van der Waals surface area contributed by atoms with Crippen LogP contribution in [0.15, 0.2) is 29.2 Å². The molecule has 3 heteroatoms. The minimum Gasteiger partial charge on any atom is -0.466 e. The minimum absolute atomic E-state index is 0.317. The average molecular weight is 252 g/mol. The number of aryl methyl sites for hydroxylation is 1. The Labute approximate surface area is 109 Å². The van der Waals surface area contributed by atoms with E-state index in [0.717, 1.165) is 24.4 Å². The molecule has 1 unspecified atom stereocenters. The molecule has 1 heterocycles. The number of rotatable bonds is 10. The van der Waals surface area contributed by atoms with Gasteiger partial charge in [0.15, 0.2) is 0 Å². The Morgan fingerprint density at radius 1 is 1.39 bits per heavy atom. The fraction of sp³-hybridized carbons (Fsp3) is 0.600. The summed E-state index contributed by atoms with van der Waals surface area (Å²) >= 11 is 0. The zero-order valence-corrected chi connectivity index (χ0v) is 11.2. The van der Waals surface area contributed by atoms with E-state index in [0.29, 0.717) is 19.6 Å². The molecule has 0 saturated carbocycles. The lowest BCUT2D eigenvalue weighted by atomic mass is 10.2. The van der Waals surface area contributed by atoms with Crippen LogP contribution in [0.5, 0.6) is 0 Å². The summed E-state index contributed by atoms with van der Waals surface area (Å²) in [6, 6.07) is 3.94. The van der Waals surface area contributed by atoms with Gasteiger partial charge in [0.1, 0.15) is 11.5 Å². The Bertz CT molecular complexity index is 330. The SMILES string of the molecule is C=CCOCC(O)Cc1ccc(CCCCC)o1. The molecule has 0 aliphatic carbocycles. The molecule has 0 saturated heterocycles. The van der Waals surface area contributed by atoms with Gasteiger partial charge in [-0.3, -0.25) is 0 Å². The molecule has 0 spiro atoms. The van der Waals surface area contributed by atoms with Crippen molar-refractivity contribution in [3.05, 3.63) is 36.3 Å². The number of hydrogen-bond acceptors (Lipinski definition) is 3. The van der Waals surface area contributed by atoms with E-state index in [1.54, 1.807) is 6.08 Å². The molecule has 1 aromatic heterocycles. The van der Waals surface area contributed by atoms with E-state index < -0.39 is 6.10 Å². The van der Waals surface area contributed by atoms with E-state index in [4.69, 9.17) is 9.15 Å². The normalized spacial score (nSPS) is 12.6. The first-order chi connectivity index (χ1) is 8.76. The largest absolute Gasteiger partial charge is 0.466 e. The molecule has 0 amide bonds. The molecule has 0 fully saturated rings. The average Bonchev–Trinajstić information content (AvgIpc) is 2.77. The second-order valence-corrected chi connectivity index (χ2v) is 4.51. The Kier molecular flexibility index (Phi) is 7.46. The first-order valence-electron chi connectivity index (χ1n) is 6.70. The predicted molar refractivity (Wildman–Crippen MR) is 72.7 cm³/mol. The maximum absolute atomic E-state index is 9.73. The zero-order valence-electron chi connectivity index (χ0n) is 11.2. The molecule has 0 aliphatic heterocycles. The highest BCUT2D eigenvalue weighted by Crippen LogP contribution is 2.13. The van der Waals surface area contributed by atoms with Gasteiger partial charge in [0, 0.05) is 12.8 Å². The number of hydrogen-bond donors (Lipinski definition) is 1. The highest BCUT2D eigenvalue weighted by atomic mass is 16.5. The number of furan rings is 1. The maximum atomic E-state index is 9.73. The summed E-state index contributed by atoms with van der Waals surface area (Å²) in [4.78, 5) is 0. The lowest BCUT2D eigenvalue weighted by Gasteiger charge is -2.08. The van der Waals surface area contributed by atoms with E-state index in [1.165, 1.54) is 12.8 Å². The highest BCUT2D eigenvalue weighted by Gasteiger charge is 2.09. The lowest BCUT2D eigenvalue weighted by molar-refractivity contribution is 0.0468. The second kappa shape index (κ2) is 8.95. The summed E-state index contributed by atoms with van der Waals surface area (Å²) in [6.07, 6.45) is 6.25. The number of aliphatic hydroxyl groups excluding tert-OH is 1. The van der Waals surface area contributed by atoms with E-state index in [-0.39, 0.29) is 0 Å². The van der Waals surface area contributed by atoms with Gasteiger partial charge in [0.2, 0.25) is 0 Å². The van der Waals surface area contributed by atoms with E-state index >= 15 is 0 Å². The standard InChI is InChI=1S/C15H24O3/c1-3-5-6-7-14-8-9-15(18-14)11-13(16)12-17-10-4-2/h4,8-9,13,16H,2-3,5-7,10-12H2,1H3. The van der Waals surface area contributed by atoms with Crippen LogP contribution in [-0.2, 0) is 17.6 Å². The minimum atomic E-state index is -0.514. The van der Waals surface area contributed by atoms with Gasteiger partial charge in [0.05, 0.1) is 19.3 Å².